The minimum atomic E-state index is -0.587. The summed E-state index contributed by atoms with van der Waals surface area (Å²) < 4.78 is 19.9. The maximum atomic E-state index is 13.9. The molecule has 1 amide bonds. The monoisotopic (exact) mass is 429 g/mol. The number of morpholine rings is 1. The third kappa shape index (κ3) is 4.94. The molecule has 0 atom stereocenters. The second kappa shape index (κ2) is 8.80. The summed E-state index contributed by atoms with van der Waals surface area (Å²) in [6.07, 6.45) is 1.23. The predicted molar refractivity (Wildman–Crippen MR) is 106 cm³/mol. The minimum Gasteiger partial charge on any atom is -0.378 e. The summed E-state index contributed by atoms with van der Waals surface area (Å²) in [5.41, 5.74) is 1.60. The van der Waals surface area contributed by atoms with Gasteiger partial charge in [0, 0.05) is 34.5 Å². The van der Waals surface area contributed by atoms with Crippen LogP contribution in [0.25, 0.3) is 6.08 Å². The zero-order valence-corrected chi connectivity index (χ0v) is 16.0. The number of amides is 1. The fourth-order valence-electron chi connectivity index (χ4n) is 2.70. The van der Waals surface area contributed by atoms with E-state index >= 15 is 0 Å². The zero-order valence-electron chi connectivity index (χ0n) is 14.4. The summed E-state index contributed by atoms with van der Waals surface area (Å²) >= 11 is 3.25. The largest absolute Gasteiger partial charge is 0.378 e. The second-order valence-corrected chi connectivity index (χ2v) is 6.85. The highest BCUT2D eigenvalue weighted by atomic mass is 79.9. The molecule has 3 rings (SSSR count). The van der Waals surface area contributed by atoms with Gasteiger partial charge in [-0.15, -0.1) is 0 Å². The van der Waals surface area contributed by atoms with Gasteiger partial charge in [-0.05, 0) is 48.5 Å². The van der Waals surface area contributed by atoms with E-state index < -0.39 is 11.7 Å². The van der Waals surface area contributed by atoms with Gasteiger partial charge in [0.1, 0.15) is 17.5 Å². The highest BCUT2D eigenvalue weighted by Crippen LogP contribution is 2.21. The molecule has 1 saturated heterocycles. The Morgan fingerprint density at radius 3 is 2.59 bits per heavy atom. The average molecular weight is 430 g/mol. The number of rotatable bonds is 4. The van der Waals surface area contributed by atoms with Crippen LogP contribution in [-0.2, 0) is 9.53 Å². The number of carbonyl (C=O) groups excluding carboxylic acids is 1. The molecule has 1 fully saturated rings. The smallest absolute Gasteiger partial charge is 0.266 e. The summed E-state index contributed by atoms with van der Waals surface area (Å²) in [5, 5.41) is 11.9. The van der Waals surface area contributed by atoms with Crippen LogP contribution in [0.15, 0.2) is 52.5 Å². The molecule has 27 heavy (non-hydrogen) atoms. The van der Waals surface area contributed by atoms with E-state index in [1.165, 1.54) is 18.2 Å². The number of nitrogens with zero attached hydrogens (tertiary/aromatic N) is 2. The molecule has 1 N–H and O–H groups in total. The molecule has 0 radical (unpaired) electrons. The lowest BCUT2D eigenvalue weighted by atomic mass is 10.1. The predicted octanol–water partition coefficient (Wildman–Crippen LogP) is 3.97. The first-order valence-electron chi connectivity index (χ1n) is 8.38. The van der Waals surface area contributed by atoms with Crippen molar-refractivity contribution in [2.24, 2.45) is 0 Å². The first kappa shape index (κ1) is 19.1. The highest BCUT2D eigenvalue weighted by molar-refractivity contribution is 9.10. The number of halogens is 2. The van der Waals surface area contributed by atoms with Crippen LogP contribution >= 0.6 is 15.9 Å². The lowest BCUT2D eigenvalue weighted by Gasteiger charge is -2.28. The summed E-state index contributed by atoms with van der Waals surface area (Å²) in [6, 6.07) is 13.5. The first-order valence-corrected chi connectivity index (χ1v) is 9.17. The lowest BCUT2D eigenvalue weighted by molar-refractivity contribution is -0.112. The van der Waals surface area contributed by atoms with E-state index in [-0.39, 0.29) is 11.1 Å². The Kier molecular flexibility index (Phi) is 6.22. The van der Waals surface area contributed by atoms with Crippen molar-refractivity contribution in [1.29, 1.82) is 5.26 Å². The normalized spacial score (nSPS) is 14.6. The molecule has 5 nitrogen and oxygen atoms in total. The van der Waals surface area contributed by atoms with Crippen molar-refractivity contribution in [3.8, 4) is 6.07 Å². The van der Waals surface area contributed by atoms with Gasteiger partial charge in [-0.25, -0.2) is 4.39 Å². The maximum Gasteiger partial charge on any atom is 0.266 e. The molecule has 0 aliphatic carbocycles. The highest BCUT2D eigenvalue weighted by Gasteiger charge is 2.13. The standard InChI is InChI=1S/C20H17BrFN3O2/c21-16-1-6-19(22)14(12-16)11-15(13-23)20(26)24-17-2-4-18(5-3-17)25-7-9-27-10-8-25/h1-6,11-12H,7-10H2,(H,24,26). The Morgan fingerprint density at radius 2 is 1.93 bits per heavy atom. The SMILES string of the molecule is N#CC(=Cc1cc(Br)ccc1F)C(=O)Nc1ccc(N2CCOCC2)cc1. The van der Waals surface area contributed by atoms with Gasteiger partial charge in [0.05, 0.1) is 13.2 Å². The maximum absolute atomic E-state index is 13.9. The van der Waals surface area contributed by atoms with Crippen LogP contribution < -0.4 is 10.2 Å². The third-order valence-electron chi connectivity index (χ3n) is 4.12. The fourth-order valence-corrected chi connectivity index (χ4v) is 3.08. The zero-order chi connectivity index (χ0) is 19.2. The molecule has 1 heterocycles. The van der Waals surface area contributed by atoms with Crippen molar-refractivity contribution in [2.75, 3.05) is 36.5 Å². The summed E-state index contributed by atoms with van der Waals surface area (Å²) in [5.74, 6) is -1.09. The van der Waals surface area contributed by atoms with E-state index in [1.54, 1.807) is 18.2 Å². The van der Waals surface area contributed by atoms with Gasteiger partial charge >= 0.3 is 0 Å². The number of nitrogens with one attached hydrogen (secondary N) is 1. The van der Waals surface area contributed by atoms with E-state index in [1.807, 2.05) is 18.2 Å². The third-order valence-corrected chi connectivity index (χ3v) is 4.62. The van der Waals surface area contributed by atoms with E-state index in [9.17, 15) is 14.4 Å². The molecule has 1 aliphatic heterocycles. The van der Waals surface area contributed by atoms with Crippen molar-refractivity contribution in [2.45, 2.75) is 0 Å². The van der Waals surface area contributed by atoms with Gasteiger partial charge in [-0.2, -0.15) is 5.26 Å². The van der Waals surface area contributed by atoms with Crippen molar-refractivity contribution >= 4 is 39.3 Å². The van der Waals surface area contributed by atoms with E-state index in [0.29, 0.717) is 23.4 Å². The van der Waals surface area contributed by atoms with Crippen molar-refractivity contribution < 1.29 is 13.9 Å². The average Bonchev–Trinajstić information content (AvgIpc) is 2.69. The number of hydrogen-bond acceptors (Lipinski definition) is 4. The fraction of sp³-hybridized carbons (Fsp3) is 0.200. The number of nitriles is 1. The van der Waals surface area contributed by atoms with E-state index in [2.05, 4.69) is 26.1 Å². The number of carbonyl (C=O) groups is 1. The molecule has 2 aromatic carbocycles. The molecule has 0 saturated carbocycles. The van der Waals surface area contributed by atoms with Crippen molar-refractivity contribution in [3.63, 3.8) is 0 Å². The summed E-state index contributed by atoms with van der Waals surface area (Å²) in [7, 11) is 0. The van der Waals surface area contributed by atoms with Crippen molar-refractivity contribution in [1.82, 2.24) is 0 Å². The summed E-state index contributed by atoms with van der Waals surface area (Å²) in [6.45, 7) is 3.04. The van der Waals surface area contributed by atoms with Crippen LogP contribution in [0.3, 0.4) is 0 Å². The van der Waals surface area contributed by atoms with Gasteiger partial charge in [0.25, 0.3) is 5.91 Å². The van der Waals surface area contributed by atoms with Crippen LogP contribution in [0.5, 0.6) is 0 Å². The molecule has 138 valence electrons. The Hall–Kier alpha value is -2.69. The first-order chi connectivity index (χ1) is 13.1. The Balaban J connectivity index is 1.72. The molecular formula is C20H17BrFN3O2. The van der Waals surface area contributed by atoms with Gasteiger partial charge in [-0.3, -0.25) is 4.79 Å². The Bertz CT molecular complexity index is 900. The summed E-state index contributed by atoms with van der Waals surface area (Å²) in [4.78, 5) is 14.6. The Labute approximate surface area is 165 Å². The van der Waals surface area contributed by atoms with Crippen LogP contribution in [-0.4, -0.2) is 32.2 Å². The molecule has 0 aromatic heterocycles. The van der Waals surface area contributed by atoms with Crippen LogP contribution in [0.2, 0.25) is 0 Å². The van der Waals surface area contributed by atoms with Gasteiger partial charge in [-0.1, -0.05) is 15.9 Å². The van der Waals surface area contributed by atoms with E-state index in [4.69, 9.17) is 4.74 Å². The number of hydrogen-bond donors (Lipinski definition) is 1. The van der Waals surface area contributed by atoms with E-state index in [0.717, 1.165) is 18.8 Å². The molecule has 1 aliphatic rings. The molecule has 7 heteroatoms. The van der Waals surface area contributed by atoms with Gasteiger partial charge in [0.2, 0.25) is 0 Å². The van der Waals surface area contributed by atoms with Crippen LogP contribution in [0.4, 0.5) is 15.8 Å². The number of ether oxygens (including phenoxy) is 1. The van der Waals surface area contributed by atoms with Gasteiger partial charge < -0.3 is 15.0 Å². The molecule has 0 bridgehead atoms. The topological polar surface area (TPSA) is 65.4 Å². The minimum absolute atomic E-state index is 0.166. The quantitative estimate of drug-likeness (QED) is 0.589. The molecule has 2 aromatic rings. The molecular weight excluding hydrogens is 413 g/mol. The van der Waals surface area contributed by atoms with Crippen LogP contribution in [0.1, 0.15) is 5.56 Å². The van der Waals surface area contributed by atoms with Crippen LogP contribution in [0, 0.1) is 17.1 Å². The van der Waals surface area contributed by atoms with Crippen molar-refractivity contribution in [3.05, 3.63) is 63.9 Å². The van der Waals surface area contributed by atoms with Gasteiger partial charge in [0.15, 0.2) is 0 Å². The number of anilines is 2. The Morgan fingerprint density at radius 1 is 1.22 bits per heavy atom. The molecule has 0 spiro atoms. The second-order valence-electron chi connectivity index (χ2n) is 5.94. The number of benzene rings is 2. The lowest BCUT2D eigenvalue weighted by Crippen LogP contribution is -2.36. The molecule has 0 unspecified atom stereocenters.